The van der Waals surface area contributed by atoms with E-state index in [1.54, 1.807) is 24.3 Å². The average molecular weight is 372 g/mol. The molecule has 0 aliphatic heterocycles. The van der Waals surface area contributed by atoms with Gasteiger partial charge in [-0.05, 0) is 48.2 Å². The van der Waals surface area contributed by atoms with Gasteiger partial charge in [0.1, 0.15) is 0 Å². The van der Waals surface area contributed by atoms with Crippen molar-refractivity contribution in [2.24, 2.45) is 0 Å². The summed E-state index contributed by atoms with van der Waals surface area (Å²) < 4.78 is 0. The molecule has 2 N–H and O–H groups in total. The summed E-state index contributed by atoms with van der Waals surface area (Å²) in [5.74, 6) is -0.151. The highest BCUT2D eigenvalue weighted by Gasteiger charge is 2.07. The van der Waals surface area contributed by atoms with Crippen LogP contribution in [0.3, 0.4) is 0 Å². The summed E-state index contributed by atoms with van der Waals surface area (Å²) in [4.78, 5) is 24.3. The van der Waals surface area contributed by atoms with Gasteiger partial charge in [0.2, 0.25) is 5.91 Å². The third-order valence-corrected chi connectivity index (χ3v) is 4.46. The summed E-state index contributed by atoms with van der Waals surface area (Å²) in [7, 11) is 0. The van der Waals surface area contributed by atoms with Crippen molar-refractivity contribution < 1.29 is 9.59 Å². The normalized spacial score (nSPS) is 10.3. The molecule has 0 heterocycles. The van der Waals surface area contributed by atoms with Gasteiger partial charge in [-0.25, -0.2) is 0 Å². The van der Waals surface area contributed by atoms with Crippen molar-refractivity contribution in [3.05, 3.63) is 102 Å². The first-order valence-electron chi connectivity index (χ1n) is 9.47. The Morgan fingerprint density at radius 1 is 0.679 bits per heavy atom. The lowest BCUT2D eigenvalue weighted by Crippen LogP contribution is -2.25. The van der Waals surface area contributed by atoms with Gasteiger partial charge in [0.15, 0.2) is 0 Å². The second-order valence-electron chi connectivity index (χ2n) is 6.60. The van der Waals surface area contributed by atoms with Crippen LogP contribution >= 0.6 is 0 Å². The van der Waals surface area contributed by atoms with Gasteiger partial charge in [-0.3, -0.25) is 9.59 Å². The molecule has 0 bridgehead atoms. The Morgan fingerprint density at radius 2 is 1.25 bits per heavy atom. The van der Waals surface area contributed by atoms with Gasteiger partial charge in [0.25, 0.3) is 5.91 Å². The van der Waals surface area contributed by atoms with Crippen LogP contribution in [0.5, 0.6) is 0 Å². The van der Waals surface area contributed by atoms with E-state index in [1.165, 1.54) is 5.56 Å². The number of carbonyl (C=O) groups excluding carboxylic acids is 2. The number of hydrogen-bond donors (Lipinski definition) is 2. The Balaban J connectivity index is 1.43. The van der Waals surface area contributed by atoms with E-state index in [2.05, 4.69) is 10.6 Å². The molecule has 0 aliphatic rings. The van der Waals surface area contributed by atoms with E-state index < -0.39 is 0 Å². The standard InChI is InChI=1S/C24H24N2O2/c27-23(16-11-19-7-3-1-4-8-19)26-22-14-12-21(13-15-22)24(28)25-18-17-20-9-5-2-6-10-20/h1-10,12-15H,11,16-18H2,(H,25,28)(H,26,27). The molecule has 0 saturated carbocycles. The molecule has 0 unspecified atom stereocenters. The van der Waals surface area contributed by atoms with E-state index in [4.69, 9.17) is 0 Å². The number of nitrogens with one attached hydrogen (secondary N) is 2. The van der Waals surface area contributed by atoms with Gasteiger partial charge < -0.3 is 10.6 Å². The first-order chi connectivity index (χ1) is 13.7. The molecule has 0 radical (unpaired) electrons. The molecule has 4 nitrogen and oxygen atoms in total. The van der Waals surface area contributed by atoms with Crippen LogP contribution in [0.4, 0.5) is 5.69 Å². The molecule has 3 aromatic carbocycles. The van der Waals surface area contributed by atoms with Crippen molar-refractivity contribution in [1.82, 2.24) is 5.32 Å². The van der Waals surface area contributed by atoms with Crippen LogP contribution in [0.15, 0.2) is 84.9 Å². The highest BCUT2D eigenvalue weighted by molar-refractivity contribution is 5.95. The van der Waals surface area contributed by atoms with Gasteiger partial charge in [-0.2, -0.15) is 0 Å². The maximum Gasteiger partial charge on any atom is 0.251 e. The van der Waals surface area contributed by atoms with Crippen LogP contribution in [-0.2, 0) is 17.6 Å². The molecule has 28 heavy (non-hydrogen) atoms. The van der Waals surface area contributed by atoms with Crippen molar-refractivity contribution in [2.75, 3.05) is 11.9 Å². The molecular weight excluding hydrogens is 348 g/mol. The van der Waals surface area contributed by atoms with Gasteiger partial charge in [0, 0.05) is 24.2 Å². The first-order valence-corrected chi connectivity index (χ1v) is 9.47. The van der Waals surface area contributed by atoms with E-state index in [1.807, 2.05) is 60.7 Å². The number of rotatable bonds is 8. The van der Waals surface area contributed by atoms with E-state index >= 15 is 0 Å². The van der Waals surface area contributed by atoms with Crippen LogP contribution < -0.4 is 10.6 Å². The predicted octanol–water partition coefficient (Wildman–Crippen LogP) is 4.23. The van der Waals surface area contributed by atoms with E-state index in [9.17, 15) is 9.59 Å². The monoisotopic (exact) mass is 372 g/mol. The number of amides is 2. The van der Waals surface area contributed by atoms with E-state index in [0.717, 1.165) is 12.0 Å². The van der Waals surface area contributed by atoms with Gasteiger partial charge in [0.05, 0.1) is 0 Å². The first kappa shape index (κ1) is 19.4. The third-order valence-electron chi connectivity index (χ3n) is 4.46. The molecule has 0 saturated heterocycles. The number of hydrogen-bond acceptors (Lipinski definition) is 2. The molecule has 3 rings (SSSR count). The minimum absolute atomic E-state index is 0.0380. The summed E-state index contributed by atoms with van der Waals surface area (Å²) in [6.45, 7) is 0.584. The number of benzene rings is 3. The lowest BCUT2D eigenvalue weighted by molar-refractivity contribution is -0.116. The van der Waals surface area contributed by atoms with Crippen molar-refractivity contribution in [2.45, 2.75) is 19.3 Å². The predicted molar refractivity (Wildman–Crippen MR) is 112 cm³/mol. The summed E-state index contributed by atoms with van der Waals surface area (Å²) in [5.41, 5.74) is 3.60. The summed E-state index contributed by atoms with van der Waals surface area (Å²) in [6.07, 6.45) is 1.92. The molecule has 0 aliphatic carbocycles. The second-order valence-corrected chi connectivity index (χ2v) is 6.60. The second kappa shape index (κ2) is 10.1. The Labute approximate surface area is 165 Å². The van der Waals surface area contributed by atoms with Gasteiger partial charge in [-0.1, -0.05) is 60.7 Å². The van der Waals surface area contributed by atoms with Crippen LogP contribution in [0.25, 0.3) is 0 Å². The number of anilines is 1. The Kier molecular flexibility index (Phi) is 6.96. The fourth-order valence-electron chi connectivity index (χ4n) is 2.90. The van der Waals surface area contributed by atoms with Crippen molar-refractivity contribution in [3.8, 4) is 0 Å². The minimum Gasteiger partial charge on any atom is -0.352 e. The Bertz CT molecular complexity index is 891. The molecular formula is C24H24N2O2. The van der Waals surface area contributed by atoms with E-state index in [0.29, 0.717) is 30.6 Å². The highest BCUT2D eigenvalue weighted by Crippen LogP contribution is 2.11. The fourth-order valence-corrected chi connectivity index (χ4v) is 2.90. The largest absolute Gasteiger partial charge is 0.352 e. The quantitative estimate of drug-likeness (QED) is 0.622. The average Bonchev–Trinajstić information content (AvgIpc) is 2.74. The van der Waals surface area contributed by atoms with Gasteiger partial charge >= 0.3 is 0 Å². The molecule has 0 aromatic heterocycles. The molecule has 0 atom stereocenters. The van der Waals surface area contributed by atoms with Crippen molar-refractivity contribution >= 4 is 17.5 Å². The lowest BCUT2D eigenvalue weighted by atomic mass is 10.1. The fraction of sp³-hybridized carbons (Fsp3) is 0.167. The molecule has 142 valence electrons. The maximum absolute atomic E-state index is 12.2. The van der Waals surface area contributed by atoms with Crippen LogP contribution in [0.2, 0.25) is 0 Å². The zero-order valence-corrected chi connectivity index (χ0v) is 15.7. The number of carbonyl (C=O) groups is 2. The molecule has 0 fully saturated rings. The van der Waals surface area contributed by atoms with E-state index in [-0.39, 0.29) is 11.8 Å². The Hall–Kier alpha value is -3.40. The van der Waals surface area contributed by atoms with Crippen molar-refractivity contribution in [3.63, 3.8) is 0 Å². The summed E-state index contributed by atoms with van der Waals surface area (Å²) in [6, 6.07) is 26.9. The zero-order valence-electron chi connectivity index (χ0n) is 15.7. The van der Waals surface area contributed by atoms with Crippen LogP contribution in [0.1, 0.15) is 27.9 Å². The number of aryl methyl sites for hydroxylation is 1. The minimum atomic E-state index is -0.113. The van der Waals surface area contributed by atoms with Crippen LogP contribution in [0, 0.1) is 0 Å². The molecule has 2 amide bonds. The smallest absolute Gasteiger partial charge is 0.251 e. The Morgan fingerprint density at radius 3 is 1.86 bits per heavy atom. The molecule has 3 aromatic rings. The van der Waals surface area contributed by atoms with Gasteiger partial charge in [-0.15, -0.1) is 0 Å². The molecule has 0 spiro atoms. The maximum atomic E-state index is 12.2. The zero-order chi connectivity index (χ0) is 19.6. The highest BCUT2D eigenvalue weighted by atomic mass is 16.2. The van der Waals surface area contributed by atoms with Crippen molar-refractivity contribution in [1.29, 1.82) is 0 Å². The summed E-state index contributed by atoms with van der Waals surface area (Å²) >= 11 is 0. The topological polar surface area (TPSA) is 58.2 Å². The molecule has 4 heteroatoms. The van der Waals surface area contributed by atoms with Crippen LogP contribution in [-0.4, -0.2) is 18.4 Å². The lowest BCUT2D eigenvalue weighted by Gasteiger charge is -2.08. The summed E-state index contributed by atoms with van der Waals surface area (Å²) in [5, 5.41) is 5.79. The SMILES string of the molecule is O=C(CCc1ccccc1)Nc1ccc(C(=O)NCCc2ccccc2)cc1. The third kappa shape index (κ3) is 6.09.